The Morgan fingerprint density at radius 1 is 1.29 bits per heavy atom. The zero-order chi connectivity index (χ0) is 15.4. The smallest absolute Gasteiger partial charge is 0.293 e. The third kappa shape index (κ3) is 3.42. The van der Waals surface area contributed by atoms with Gasteiger partial charge in [0.25, 0.3) is 5.56 Å². The minimum Gasteiger partial charge on any atom is -0.399 e. The van der Waals surface area contributed by atoms with E-state index in [1.54, 1.807) is 17.0 Å². The Kier molecular flexibility index (Phi) is 4.62. The first-order valence-corrected chi connectivity index (χ1v) is 7.19. The van der Waals surface area contributed by atoms with Crippen LogP contribution in [0, 0.1) is 0 Å². The van der Waals surface area contributed by atoms with Crippen molar-refractivity contribution < 1.29 is 0 Å². The molecule has 0 aliphatic rings. The Balaban J connectivity index is 2.31. The molecule has 0 unspecified atom stereocenters. The molecular formula is C16H22N4O. The summed E-state index contributed by atoms with van der Waals surface area (Å²) in [6.45, 7) is 7.35. The highest BCUT2D eigenvalue weighted by atomic mass is 16.1. The number of benzene rings is 1. The fraction of sp³-hybridized carbons (Fsp3) is 0.375. The van der Waals surface area contributed by atoms with Crippen molar-refractivity contribution in [3.63, 3.8) is 0 Å². The van der Waals surface area contributed by atoms with E-state index in [1.807, 2.05) is 49.9 Å². The summed E-state index contributed by atoms with van der Waals surface area (Å²) in [7, 11) is 0. The SMILES string of the molecule is CCN(Cc1ccc(N)cc1)c1nccn(C(C)C)c1=O. The first kappa shape index (κ1) is 15.1. The van der Waals surface area contributed by atoms with Gasteiger partial charge in [-0.25, -0.2) is 4.98 Å². The normalized spacial score (nSPS) is 10.9. The van der Waals surface area contributed by atoms with Gasteiger partial charge in [-0.05, 0) is 38.5 Å². The van der Waals surface area contributed by atoms with Crippen molar-refractivity contribution in [1.82, 2.24) is 9.55 Å². The lowest BCUT2D eigenvalue weighted by molar-refractivity contribution is 0.571. The molecule has 2 aromatic rings. The van der Waals surface area contributed by atoms with Crippen LogP contribution >= 0.6 is 0 Å². The Labute approximate surface area is 125 Å². The zero-order valence-electron chi connectivity index (χ0n) is 12.8. The van der Waals surface area contributed by atoms with E-state index in [1.165, 1.54) is 0 Å². The molecule has 5 nitrogen and oxygen atoms in total. The molecule has 1 aromatic heterocycles. The first-order valence-electron chi connectivity index (χ1n) is 7.19. The van der Waals surface area contributed by atoms with Crippen molar-refractivity contribution in [2.45, 2.75) is 33.4 Å². The molecule has 5 heteroatoms. The fourth-order valence-corrected chi connectivity index (χ4v) is 2.22. The predicted octanol–water partition coefficient (Wildman–Crippen LogP) is 2.43. The highest BCUT2D eigenvalue weighted by molar-refractivity contribution is 5.42. The molecule has 112 valence electrons. The minimum absolute atomic E-state index is 0.0511. The number of hydrogen-bond acceptors (Lipinski definition) is 4. The Morgan fingerprint density at radius 3 is 2.52 bits per heavy atom. The number of nitrogens with two attached hydrogens (primary N) is 1. The highest BCUT2D eigenvalue weighted by Gasteiger charge is 2.13. The van der Waals surface area contributed by atoms with Crippen molar-refractivity contribution in [3.05, 3.63) is 52.6 Å². The van der Waals surface area contributed by atoms with Gasteiger partial charge in [0, 0.05) is 37.2 Å². The zero-order valence-corrected chi connectivity index (χ0v) is 12.8. The van der Waals surface area contributed by atoms with Gasteiger partial charge in [-0.2, -0.15) is 0 Å². The molecule has 0 saturated carbocycles. The van der Waals surface area contributed by atoms with E-state index in [4.69, 9.17) is 5.73 Å². The van der Waals surface area contributed by atoms with E-state index in [-0.39, 0.29) is 11.6 Å². The molecule has 21 heavy (non-hydrogen) atoms. The molecule has 2 rings (SSSR count). The minimum atomic E-state index is -0.0511. The lowest BCUT2D eigenvalue weighted by Gasteiger charge is -2.22. The summed E-state index contributed by atoms with van der Waals surface area (Å²) in [5.41, 5.74) is 7.49. The summed E-state index contributed by atoms with van der Waals surface area (Å²) in [6, 6.07) is 7.81. The number of nitrogen functional groups attached to an aromatic ring is 1. The molecule has 0 saturated heterocycles. The number of hydrogen-bond donors (Lipinski definition) is 1. The van der Waals surface area contributed by atoms with Crippen LogP contribution in [0.4, 0.5) is 11.5 Å². The van der Waals surface area contributed by atoms with Gasteiger partial charge in [-0.15, -0.1) is 0 Å². The second-order valence-corrected chi connectivity index (χ2v) is 5.31. The largest absolute Gasteiger partial charge is 0.399 e. The average molecular weight is 286 g/mol. The maximum Gasteiger partial charge on any atom is 0.293 e. The van der Waals surface area contributed by atoms with Gasteiger partial charge in [0.1, 0.15) is 0 Å². The second-order valence-electron chi connectivity index (χ2n) is 5.31. The molecule has 2 N–H and O–H groups in total. The highest BCUT2D eigenvalue weighted by Crippen LogP contribution is 2.13. The third-order valence-corrected chi connectivity index (χ3v) is 3.44. The summed E-state index contributed by atoms with van der Waals surface area (Å²) < 4.78 is 1.70. The molecule has 0 aliphatic carbocycles. The van der Waals surface area contributed by atoms with Crippen molar-refractivity contribution in [2.24, 2.45) is 0 Å². The summed E-state index contributed by atoms with van der Waals surface area (Å²) in [5.74, 6) is 0.491. The molecule has 0 amide bonds. The van der Waals surface area contributed by atoms with Crippen molar-refractivity contribution in [3.8, 4) is 0 Å². The van der Waals surface area contributed by atoms with Gasteiger partial charge in [0.05, 0.1) is 0 Å². The molecule has 0 atom stereocenters. The predicted molar refractivity (Wildman–Crippen MR) is 86.5 cm³/mol. The monoisotopic (exact) mass is 286 g/mol. The quantitative estimate of drug-likeness (QED) is 0.857. The molecule has 0 aliphatic heterocycles. The van der Waals surface area contributed by atoms with Gasteiger partial charge in [-0.3, -0.25) is 4.79 Å². The Bertz CT molecular complexity index is 646. The van der Waals surface area contributed by atoms with Crippen LogP contribution in [0.2, 0.25) is 0 Å². The van der Waals surface area contributed by atoms with Crippen molar-refractivity contribution in [2.75, 3.05) is 17.2 Å². The standard InChI is InChI=1S/C16H22N4O/c1-4-19(11-13-5-7-14(17)8-6-13)15-16(21)20(12(2)3)10-9-18-15/h5-10,12H,4,11,17H2,1-3H3. The molecule has 1 aromatic carbocycles. The van der Waals surface area contributed by atoms with Gasteiger partial charge in [0.15, 0.2) is 5.82 Å². The van der Waals surface area contributed by atoms with Crippen molar-refractivity contribution in [1.29, 1.82) is 0 Å². The van der Waals surface area contributed by atoms with Crippen LogP contribution < -0.4 is 16.2 Å². The van der Waals surface area contributed by atoms with Crippen LogP contribution in [-0.2, 0) is 6.54 Å². The van der Waals surface area contributed by atoms with Crippen LogP contribution in [0.25, 0.3) is 0 Å². The third-order valence-electron chi connectivity index (χ3n) is 3.44. The van der Waals surface area contributed by atoms with Crippen molar-refractivity contribution >= 4 is 11.5 Å². The number of anilines is 2. The van der Waals surface area contributed by atoms with Crippen LogP contribution in [0.5, 0.6) is 0 Å². The molecule has 0 radical (unpaired) electrons. The number of aromatic nitrogens is 2. The van der Waals surface area contributed by atoms with E-state index < -0.39 is 0 Å². The molecular weight excluding hydrogens is 264 g/mol. The molecule has 1 heterocycles. The molecule has 0 bridgehead atoms. The summed E-state index contributed by atoms with van der Waals surface area (Å²) in [4.78, 5) is 18.7. The van der Waals surface area contributed by atoms with E-state index in [2.05, 4.69) is 4.98 Å². The molecule has 0 spiro atoms. The van der Waals surface area contributed by atoms with Gasteiger partial charge >= 0.3 is 0 Å². The Morgan fingerprint density at radius 2 is 1.95 bits per heavy atom. The maximum atomic E-state index is 12.5. The fourth-order valence-electron chi connectivity index (χ4n) is 2.22. The van der Waals surface area contributed by atoms with Gasteiger partial charge < -0.3 is 15.2 Å². The maximum absolute atomic E-state index is 12.5. The number of rotatable bonds is 5. The lowest BCUT2D eigenvalue weighted by atomic mass is 10.2. The van der Waals surface area contributed by atoms with Crippen LogP contribution in [-0.4, -0.2) is 16.1 Å². The van der Waals surface area contributed by atoms with Crippen LogP contribution in [0.15, 0.2) is 41.5 Å². The van der Waals surface area contributed by atoms with E-state index in [0.29, 0.717) is 18.9 Å². The van der Waals surface area contributed by atoms with Gasteiger partial charge in [-0.1, -0.05) is 12.1 Å². The van der Waals surface area contributed by atoms with Crippen LogP contribution in [0.1, 0.15) is 32.4 Å². The number of nitrogens with zero attached hydrogens (tertiary/aromatic N) is 3. The lowest BCUT2D eigenvalue weighted by Crippen LogP contribution is -2.33. The second kappa shape index (κ2) is 6.43. The topological polar surface area (TPSA) is 64.2 Å². The summed E-state index contributed by atoms with van der Waals surface area (Å²) >= 11 is 0. The van der Waals surface area contributed by atoms with E-state index in [0.717, 1.165) is 11.3 Å². The van der Waals surface area contributed by atoms with E-state index in [9.17, 15) is 4.79 Å². The summed E-state index contributed by atoms with van der Waals surface area (Å²) in [6.07, 6.45) is 3.41. The average Bonchev–Trinajstić information content (AvgIpc) is 2.47. The van der Waals surface area contributed by atoms with Gasteiger partial charge in [0.2, 0.25) is 0 Å². The summed E-state index contributed by atoms with van der Waals surface area (Å²) in [5, 5.41) is 0. The molecule has 0 fully saturated rings. The van der Waals surface area contributed by atoms with Crippen LogP contribution in [0.3, 0.4) is 0 Å². The first-order chi connectivity index (χ1) is 10.0. The van der Waals surface area contributed by atoms with E-state index >= 15 is 0 Å². The Hall–Kier alpha value is -2.30.